The number of nitrogens with zero attached hydrogens (tertiary/aromatic N) is 1. The van der Waals surface area contributed by atoms with Crippen molar-refractivity contribution in [2.45, 2.75) is 12.7 Å². The second kappa shape index (κ2) is 8.57. The summed E-state index contributed by atoms with van der Waals surface area (Å²) >= 11 is 6.02. The van der Waals surface area contributed by atoms with Crippen LogP contribution in [0.25, 0.3) is 11.1 Å². The number of ether oxygens (including phenoxy) is 1. The third-order valence-corrected chi connectivity index (χ3v) is 6.36. The molecule has 0 radical (unpaired) electrons. The Labute approximate surface area is 177 Å². The van der Waals surface area contributed by atoms with Crippen LogP contribution in [0, 0.1) is 11.6 Å². The molecule has 30 heavy (non-hydrogen) atoms. The van der Waals surface area contributed by atoms with Gasteiger partial charge in [-0.2, -0.15) is 0 Å². The van der Waals surface area contributed by atoms with Gasteiger partial charge in [0.25, 0.3) is 5.56 Å². The van der Waals surface area contributed by atoms with Crippen molar-refractivity contribution >= 4 is 21.4 Å². The molecule has 0 aliphatic carbocycles. The van der Waals surface area contributed by atoms with E-state index in [1.54, 1.807) is 19.1 Å². The van der Waals surface area contributed by atoms with Crippen LogP contribution >= 0.6 is 11.6 Å². The molecule has 0 aliphatic heterocycles. The normalized spacial score (nSPS) is 11.5. The van der Waals surface area contributed by atoms with E-state index in [2.05, 4.69) is 0 Å². The summed E-state index contributed by atoms with van der Waals surface area (Å²) in [4.78, 5) is 11.9. The van der Waals surface area contributed by atoms with Gasteiger partial charge in [-0.05, 0) is 35.9 Å². The fourth-order valence-electron chi connectivity index (χ4n) is 2.83. The molecular weight excluding hydrogens is 436 g/mol. The molecule has 1 aromatic heterocycles. The predicted octanol–water partition coefficient (Wildman–Crippen LogP) is 4.71. The molecule has 3 aromatic rings. The second-order valence-electron chi connectivity index (χ2n) is 6.68. The van der Waals surface area contributed by atoms with E-state index in [1.165, 1.54) is 29.9 Å². The highest BCUT2D eigenvalue weighted by Crippen LogP contribution is 2.36. The molecule has 0 spiro atoms. The van der Waals surface area contributed by atoms with Gasteiger partial charge in [-0.15, -0.1) is 0 Å². The number of rotatable bonds is 6. The number of hydrogen-bond acceptors (Lipinski definition) is 4. The van der Waals surface area contributed by atoms with Crippen molar-refractivity contribution in [2.75, 3.05) is 5.75 Å². The maximum Gasteiger partial charge on any atom is 0.269 e. The molecule has 0 saturated carbocycles. The summed E-state index contributed by atoms with van der Waals surface area (Å²) in [5, 5.41) is -0.0412. The summed E-state index contributed by atoms with van der Waals surface area (Å²) < 4.78 is 58.3. The van der Waals surface area contributed by atoms with Gasteiger partial charge >= 0.3 is 0 Å². The lowest BCUT2D eigenvalue weighted by atomic mass is 10.0. The highest BCUT2D eigenvalue weighted by Gasteiger charge is 2.16. The number of hydrogen-bond donors (Lipinski definition) is 0. The van der Waals surface area contributed by atoms with Crippen LogP contribution in [0.15, 0.2) is 53.5 Å². The fourth-order valence-corrected chi connectivity index (χ4v) is 3.97. The number of aromatic nitrogens is 1. The molecule has 5 nitrogen and oxygen atoms in total. The van der Waals surface area contributed by atoms with Gasteiger partial charge in [0.05, 0.1) is 5.75 Å². The Balaban J connectivity index is 2.15. The molecule has 0 amide bonds. The summed E-state index contributed by atoms with van der Waals surface area (Å²) in [5.41, 5.74) is 0.955. The number of sulfone groups is 1. The first-order valence-corrected chi connectivity index (χ1v) is 11.1. The zero-order valence-electron chi connectivity index (χ0n) is 16.2. The molecule has 0 saturated heterocycles. The Morgan fingerprint density at radius 1 is 1.07 bits per heavy atom. The summed E-state index contributed by atoms with van der Waals surface area (Å²) in [6.07, 6.45) is 1.51. The van der Waals surface area contributed by atoms with Crippen molar-refractivity contribution in [3.63, 3.8) is 0 Å². The first kappa shape index (κ1) is 22.0. The van der Waals surface area contributed by atoms with Crippen LogP contribution in [0.1, 0.15) is 12.5 Å². The van der Waals surface area contributed by atoms with E-state index in [0.717, 1.165) is 12.1 Å². The van der Waals surface area contributed by atoms with Gasteiger partial charge in [0.15, 0.2) is 21.4 Å². The van der Waals surface area contributed by atoms with Crippen molar-refractivity contribution in [3.05, 3.63) is 81.2 Å². The van der Waals surface area contributed by atoms with Gasteiger partial charge in [-0.25, -0.2) is 17.2 Å². The zero-order valence-corrected chi connectivity index (χ0v) is 17.7. The van der Waals surface area contributed by atoms with Crippen molar-refractivity contribution < 1.29 is 21.9 Å². The largest absolute Gasteiger partial charge is 0.454 e. The van der Waals surface area contributed by atoms with Crippen LogP contribution in [0.4, 0.5) is 8.78 Å². The van der Waals surface area contributed by atoms with Crippen LogP contribution in [-0.2, 0) is 22.6 Å². The lowest BCUT2D eigenvalue weighted by Gasteiger charge is -2.15. The smallest absolute Gasteiger partial charge is 0.269 e. The van der Waals surface area contributed by atoms with Crippen molar-refractivity contribution in [3.8, 4) is 22.6 Å². The minimum Gasteiger partial charge on any atom is -0.454 e. The average molecular weight is 454 g/mol. The van der Waals surface area contributed by atoms with Gasteiger partial charge in [-0.3, -0.25) is 4.79 Å². The molecule has 9 heteroatoms. The Bertz CT molecular complexity index is 1250. The number of aryl methyl sites for hydroxylation is 1. The van der Waals surface area contributed by atoms with Crippen LogP contribution in [0.2, 0.25) is 5.02 Å². The third-order valence-electron chi connectivity index (χ3n) is 4.43. The molecule has 0 atom stereocenters. The standard InChI is InChI=1S/C21H18ClF2NO4S/c1-3-30(27,28)12-13-4-6-19(29-20-7-5-15(23)10-18(20)24)16(8-13)14-9-17(22)21(26)25(2)11-14/h4-11H,3,12H2,1-2H3. The predicted molar refractivity (Wildman–Crippen MR) is 112 cm³/mol. The number of halogens is 3. The molecule has 1 heterocycles. The van der Waals surface area contributed by atoms with Crippen molar-refractivity contribution in [2.24, 2.45) is 7.05 Å². The minimum atomic E-state index is -3.30. The fraction of sp³-hybridized carbons (Fsp3) is 0.190. The van der Waals surface area contributed by atoms with Gasteiger partial charge in [-0.1, -0.05) is 24.6 Å². The maximum atomic E-state index is 14.1. The van der Waals surface area contributed by atoms with E-state index in [0.29, 0.717) is 22.8 Å². The van der Waals surface area contributed by atoms with Gasteiger partial charge in [0, 0.05) is 36.2 Å². The Hall–Kier alpha value is -2.71. The van der Waals surface area contributed by atoms with E-state index in [1.807, 2.05) is 0 Å². The van der Waals surface area contributed by atoms with E-state index in [9.17, 15) is 22.0 Å². The van der Waals surface area contributed by atoms with Crippen molar-refractivity contribution in [1.82, 2.24) is 4.57 Å². The third kappa shape index (κ3) is 4.88. The molecule has 3 rings (SSSR count). The average Bonchev–Trinajstić information content (AvgIpc) is 2.68. The van der Waals surface area contributed by atoms with Gasteiger partial charge in [0.1, 0.15) is 16.6 Å². The maximum absolute atomic E-state index is 14.1. The Morgan fingerprint density at radius 2 is 1.77 bits per heavy atom. The Morgan fingerprint density at radius 3 is 2.40 bits per heavy atom. The van der Waals surface area contributed by atoms with Gasteiger partial charge in [0.2, 0.25) is 0 Å². The van der Waals surface area contributed by atoms with E-state index in [-0.39, 0.29) is 28.0 Å². The van der Waals surface area contributed by atoms with Crippen molar-refractivity contribution in [1.29, 1.82) is 0 Å². The molecule has 2 aromatic carbocycles. The molecule has 0 bridgehead atoms. The lowest BCUT2D eigenvalue weighted by molar-refractivity contribution is 0.439. The summed E-state index contributed by atoms with van der Waals surface area (Å²) in [6.45, 7) is 1.55. The summed E-state index contributed by atoms with van der Waals surface area (Å²) in [6, 6.07) is 8.96. The quantitative estimate of drug-likeness (QED) is 0.542. The highest BCUT2D eigenvalue weighted by molar-refractivity contribution is 7.90. The van der Waals surface area contributed by atoms with E-state index < -0.39 is 27.0 Å². The minimum absolute atomic E-state index is 0.0208. The first-order valence-electron chi connectivity index (χ1n) is 8.92. The summed E-state index contributed by atoms with van der Waals surface area (Å²) in [5.74, 6) is -1.87. The number of benzene rings is 2. The van der Waals surface area contributed by atoms with Crippen LogP contribution in [-0.4, -0.2) is 18.7 Å². The molecule has 0 fully saturated rings. The Kier molecular flexibility index (Phi) is 6.28. The SMILES string of the molecule is CCS(=O)(=O)Cc1ccc(Oc2ccc(F)cc2F)c(-c2cc(Cl)c(=O)n(C)c2)c1. The molecule has 158 valence electrons. The molecule has 0 aliphatic rings. The first-order chi connectivity index (χ1) is 14.1. The molecule has 0 N–H and O–H groups in total. The lowest BCUT2D eigenvalue weighted by Crippen LogP contribution is -2.16. The molecular formula is C21H18ClF2NO4S. The topological polar surface area (TPSA) is 65.4 Å². The van der Waals surface area contributed by atoms with Crippen LogP contribution in [0.5, 0.6) is 11.5 Å². The summed E-state index contributed by atoms with van der Waals surface area (Å²) in [7, 11) is -1.78. The number of pyridine rings is 1. The van der Waals surface area contributed by atoms with E-state index >= 15 is 0 Å². The zero-order chi connectivity index (χ0) is 22.1. The highest BCUT2D eigenvalue weighted by atomic mass is 35.5. The van der Waals surface area contributed by atoms with Crippen LogP contribution < -0.4 is 10.3 Å². The van der Waals surface area contributed by atoms with E-state index in [4.69, 9.17) is 16.3 Å². The monoisotopic (exact) mass is 453 g/mol. The van der Waals surface area contributed by atoms with Crippen LogP contribution in [0.3, 0.4) is 0 Å². The second-order valence-corrected chi connectivity index (χ2v) is 9.44. The van der Waals surface area contributed by atoms with Gasteiger partial charge < -0.3 is 9.30 Å². The molecule has 0 unspecified atom stereocenters.